The van der Waals surface area contributed by atoms with Crippen molar-refractivity contribution in [2.24, 2.45) is 0 Å². The van der Waals surface area contributed by atoms with Gasteiger partial charge in [0, 0.05) is 17.5 Å². The van der Waals surface area contributed by atoms with Gasteiger partial charge in [-0.25, -0.2) is 9.78 Å². The van der Waals surface area contributed by atoms with Crippen LogP contribution in [-0.4, -0.2) is 33.3 Å². The number of imide groups is 1. The molecule has 30 heavy (non-hydrogen) atoms. The fourth-order valence-corrected chi connectivity index (χ4v) is 5.59. The largest absolute Gasteiger partial charge is 0.335 e. The van der Waals surface area contributed by atoms with Crippen LogP contribution in [0.4, 0.5) is 4.79 Å². The van der Waals surface area contributed by atoms with Crippen LogP contribution in [0.25, 0.3) is 10.2 Å². The van der Waals surface area contributed by atoms with E-state index < -0.39 is 6.03 Å². The maximum atomic E-state index is 13.1. The predicted molar refractivity (Wildman–Crippen MR) is 123 cm³/mol. The van der Waals surface area contributed by atoms with Crippen molar-refractivity contribution in [3.8, 4) is 0 Å². The SMILES string of the molecule is CCCCn1c(SCC(=O)NC(=O)NC2CCCCC2)nc2sc(C)c(C)c2c1=O. The Labute approximate surface area is 185 Å². The van der Waals surface area contributed by atoms with Gasteiger partial charge >= 0.3 is 6.03 Å². The number of rotatable bonds is 7. The van der Waals surface area contributed by atoms with Gasteiger partial charge in [0.15, 0.2) is 5.16 Å². The van der Waals surface area contributed by atoms with E-state index in [0.717, 1.165) is 49.0 Å². The zero-order valence-electron chi connectivity index (χ0n) is 17.9. The Kier molecular flexibility index (Phi) is 7.93. The number of carbonyl (C=O) groups excluding carboxylic acids is 2. The molecule has 1 aliphatic rings. The molecule has 1 fully saturated rings. The van der Waals surface area contributed by atoms with E-state index in [2.05, 4.69) is 22.5 Å². The number of nitrogens with one attached hydrogen (secondary N) is 2. The van der Waals surface area contributed by atoms with E-state index >= 15 is 0 Å². The van der Waals surface area contributed by atoms with Gasteiger partial charge in [-0.1, -0.05) is 44.4 Å². The summed E-state index contributed by atoms with van der Waals surface area (Å²) in [6.07, 6.45) is 7.17. The molecule has 1 aliphatic carbocycles. The number of carbonyl (C=O) groups is 2. The van der Waals surface area contributed by atoms with Crippen molar-refractivity contribution >= 4 is 45.3 Å². The lowest BCUT2D eigenvalue weighted by molar-refractivity contribution is -0.117. The van der Waals surface area contributed by atoms with Gasteiger partial charge in [-0.05, 0) is 38.7 Å². The van der Waals surface area contributed by atoms with Gasteiger partial charge < -0.3 is 5.32 Å². The second-order valence-corrected chi connectivity index (χ2v) is 9.96. The molecule has 2 heterocycles. The zero-order valence-corrected chi connectivity index (χ0v) is 19.5. The van der Waals surface area contributed by atoms with Crippen LogP contribution in [0.2, 0.25) is 0 Å². The Morgan fingerprint density at radius 3 is 2.67 bits per heavy atom. The van der Waals surface area contributed by atoms with Gasteiger partial charge in [-0.15, -0.1) is 11.3 Å². The van der Waals surface area contributed by atoms with Crippen LogP contribution in [0.1, 0.15) is 62.3 Å². The lowest BCUT2D eigenvalue weighted by Crippen LogP contribution is -2.45. The summed E-state index contributed by atoms with van der Waals surface area (Å²) in [6, 6.07) is -0.295. The second kappa shape index (κ2) is 10.4. The van der Waals surface area contributed by atoms with Crippen molar-refractivity contribution in [3.05, 3.63) is 20.8 Å². The minimum atomic E-state index is -0.441. The van der Waals surface area contributed by atoms with Crippen molar-refractivity contribution in [1.29, 1.82) is 0 Å². The number of aromatic nitrogens is 2. The molecule has 7 nitrogen and oxygen atoms in total. The van der Waals surface area contributed by atoms with Gasteiger partial charge in [0.1, 0.15) is 4.83 Å². The molecule has 0 aliphatic heterocycles. The van der Waals surface area contributed by atoms with Crippen LogP contribution in [0.3, 0.4) is 0 Å². The normalized spacial score (nSPS) is 14.8. The standard InChI is InChI=1S/C21H30N4O3S2/c1-4-5-11-25-19(27)17-13(2)14(3)30-18(17)24-21(25)29-12-16(26)23-20(28)22-15-9-7-6-8-10-15/h15H,4-12H2,1-3H3,(H2,22,23,26,28). The first-order chi connectivity index (χ1) is 14.4. The van der Waals surface area contributed by atoms with E-state index in [1.807, 2.05) is 13.8 Å². The molecule has 164 valence electrons. The van der Waals surface area contributed by atoms with Gasteiger partial charge in [-0.3, -0.25) is 19.5 Å². The smallest absolute Gasteiger partial charge is 0.321 e. The third-order valence-electron chi connectivity index (χ3n) is 5.51. The number of amides is 3. The number of fused-ring (bicyclic) bond motifs is 1. The highest BCUT2D eigenvalue weighted by molar-refractivity contribution is 7.99. The Hall–Kier alpha value is -1.87. The summed E-state index contributed by atoms with van der Waals surface area (Å²) in [6.45, 7) is 6.58. The third-order valence-corrected chi connectivity index (χ3v) is 7.59. The number of hydrogen-bond donors (Lipinski definition) is 2. The zero-order chi connectivity index (χ0) is 21.7. The van der Waals surface area contributed by atoms with Crippen molar-refractivity contribution < 1.29 is 9.59 Å². The first-order valence-corrected chi connectivity index (χ1v) is 12.4. The van der Waals surface area contributed by atoms with Crippen LogP contribution in [0.5, 0.6) is 0 Å². The average Bonchev–Trinajstić information content (AvgIpc) is 3.00. The van der Waals surface area contributed by atoms with E-state index in [0.29, 0.717) is 21.9 Å². The van der Waals surface area contributed by atoms with Crippen molar-refractivity contribution in [2.45, 2.75) is 83.5 Å². The summed E-state index contributed by atoms with van der Waals surface area (Å²) in [7, 11) is 0. The number of aryl methyl sites for hydroxylation is 2. The monoisotopic (exact) mass is 450 g/mol. The molecule has 0 unspecified atom stereocenters. The topological polar surface area (TPSA) is 93.1 Å². The molecule has 3 amide bonds. The maximum absolute atomic E-state index is 13.1. The molecule has 2 aromatic heterocycles. The van der Waals surface area contributed by atoms with Crippen LogP contribution >= 0.6 is 23.1 Å². The van der Waals surface area contributed by atoms with Crippen molar-refractivity contribution in [2.75, 3.05) is 5.75 Å². The highest BCUT2D eigenvalue weighted by atomic mass is 32.2. The Morgan fingerprint density at radius 1 is 1.23 bits per heavy atom. The quantitative estimate of drug-likeness (QED) is 0.489. The molecule has 0 saturated heterocycles. The number of urea groups is 1. The Bertz CT molecular complexity index is 977. The second-order valence-electron chi connectivity index (χ2n) is 7.81. The molecule has 2 aromatic rings. The predicted octanol–water partition coefficient (Wildman–Crippen LogP) is 4.13. The summed E-state index contributed by atoms with van der Waals surface area (Å²) < 4.78 is 1.67. The fourth-order valence-electron chi connectivity index (χ4n) is 3.69. The molecule has 2 N–H and O–H groups in total. The highest BCUT2D eigenvalue weighted by Crippen LogP contribution is 2.28. The van der Waals surface area contributed by atoms with E-state index in [9.17, 15) is 14.4 Å². The molecule has 0 radical (unpaired) electrons. The van der Waals surface area contributed by atoms with Crippen LogP contribution in [0.15, 0.2) is 9.95 Å². The summed E-state index contributed by atoms with van der Waals surface area (Å²) in [4.78, 5) is 43.9. The molecule has 0 atom stereocenters. The van der Waals surface area contributed by atoms with Crippen LogP contribution < -0.4 is 16.2 Å². The highest BCUT2D eigenvalue weighted by Gasteiger charge is 2.19. The number of unbranched alkanes of at least 4 members (excludes halogenated alkanes) is 1. The van der Waals surface area contributed by atoms with E-state index in [4.69, 9.17) is 0 Å². The van der Waals surface area contributed by atoms with Gasteiger partial charge in [0.2, 0.25) is 5.91 Å². The molecule has 9 heteroatoms. The first-order valence-electron chi connectivity index (χ1n) is 10.6. The molecule has 0 spiro atoms. The Balaban J connectivity index is 1.68. The summed E-state index contributed by atoms with van der Waals surface area (Å²) in [5.41, 5.74) is 0.930. The minimum absolute atomic E-state index is 0.0332. The van der Waals surface area contributed by atoms with Crippen molar-refractivity contribution in [1.82, 2.24) is 20.2 Å². The van der Waals surface area contributed by atoms with Crippen LogP contribution in [0, 0.1) is 13.8 Å². The van der Waals surface area contributed by atoms with Crippen molar-refractivity contribution in [3.63, 3.8) is 0 Å². The molecule has 3 rings (SSSR count). The number of hydrogen-bond acceptors (Lipinski definition) is 6. The molecule has 0 aromatic carbocycles. The van der Waals surface area contributed by atoms with Gasteiger partial charge in [0.05, 0.1) is 11.1 Å². The lowest BCUT2D eigenvalue weighted by Gasteiger charge is -2.22. The third kappa shape index (κ3) is 5.43. The molecular weight excluding hydrogens is 420 g/mol. The molecule has 1 saturated carbocycles. The summed E-state index contributed by atoms with van der Waals surface area (Å²) >= 11 is 2.71. The number of thioether (sulfide) groups is 1. The average molecular weight is 451 g/mol. The molecule has 0 bridgehead atoms. The van der Waals surface area contributed by atoms with Crippen LogP contribution in [-0.2, 0) is 11.3 Å². The molecular formula is C21H30N4O3S2. The number of thiophene rings is 1. The summed E-state index contributed by atoms with van der Waals surface area (Å²) in [5.74, 6) is -0.353. The van der Waals surface area contributed by atoms with E-state index in [1.54, 1.807) is 4.57 Å². The van der Waals surface area contributed by atoms with Gasteiger partial charge in [0.25, 0.3) is 5.56 Å². The minimum Gasteiger partial charge on any atom is -0.335 e. The number of nitrogens with zero attached hydrogens (tertiary/aromatic N) is 2. The van der Waals surface area contributed by atoms with E-state index in [1.165, 1.54) is 29.5 Å². The maximum Gasteiger partial charge on any atom is 0.321 e. The fraction of sp³-hybridized carbons (Fsp3) is 0.619. The Morgan fingerprint density at radius 2 is 1.97 bits per heavy atom. The first kappa shape index (κ1) is 22.8. The lowest BCUT2D eigenvalue weighted by atomic mass is 9.96. The van der Waals surface area contributed by atoms with Gasteiger partial charge in [-0.2, -0.15) is 0 Å². The summed E-state index contributed by atoms with van der Waals surface area (Å²) in [5, 5.41) is 6.49. The van der Waals surface area contributed by atoms with E-state index in [-0.39, 0.29) is 23.3 Å².